The number of rotatable bonds is 8. The number of alkyl halides is 2. The molecule has 0 aliphatic carbocycles. The molecule has 1 amide bonds. The molecule has 26 heavy (non-hydrogen) atoms. The summed E-state index contributed by atoms with van der Waals surface area (Å²) < 4.78 is 34.3. The van der Waals surface area contributed by atoms with Gasteiger partial charge in [-0.2, -0.15) is 8.78 Å². The Morgan fingerprint density at radius 1 is 1.12 bits per heavy atom. The minimum Gasteiger partial charge on any atom is -0.493 e. The van der Waals surface area contributed by atoms with Gasteiger partial charge in [-0.05, 0) is 41.8 Å². The largest absolute Gasteiger partial charge is 0.493 e. The van der Waals surface area contributed by atoms with Crippen molar-refractivity contribution in [2.45, 2.75) is 19.6 Å². The summed E-state index contributed by atoms with van der Waals surface area (Å²) in [6.45, 7) is -2.15. The topological polar surface area (TPSA) is 73.6 Å². The van der Waals surface area contributed by atoms with Crippen LogP contribution >= 0.6 is 12.4 Å². The fraction of sp³-hybridized carbons (Fsp3) is 0.278. The predicted molar refractivity (Wildman–Crippen MR) is 97.2 cm³/mol. The minimum absolute atomic E-state index is 0. The molecule has 0 bridgehead atoms. The van der Waals surface area contributed by atoms with Crippen LogP contribution in [0, 0.1) is 0 Å². The lowest BCUT2D eigenvalue weighted by molar-refractivity contribution is -0.0512. The number of hydrogen-bond donors (Lipinski definition) is 2. The normalized spacial score (nSPS) is 10.2. The summed E-state index contributed by atoms with van der Waals surface area (Å²) in [5, 5.41) is 2.78. The van der Waals surface area contributed by atoms with Crippen LogP contribution in [0.15, 0.2) is 42.5 Å². The Morgan fingerprint density at radius 3 is 2.35 bits per heavy atom. The second-order valence-electron chi connectivity index (χ2n) is 5.27. The van der Waals surface area contributed by atoms with Crippen LogP contribution in [0.2, 0.25) is 0 Å². The molecule has 8 heteroatoms. The highest BCUT2D eigenvalue weighted by atomic mass is 35.5. The third kappa shape index (κ3) is 6.16. The van der Waals surface area contributed by atoms with Gasteiger partial charge in [-0.15, -0.1) is 12.4 Å². The standard InChI is InChI=1S/C18H20F2N2O3.ClH/c1-24-15-7-4-12(10-16(15)25-18(19)20)8-9-22-17(23)14-5-2-13(11-21)3-6-14;/h2-7,10,18H,8-9,11,21H2,1H3,(H,22,23);1H. The van der Waals surface area contributed by atoms with Crippen LogP contribution in [0.3, 0.4) is 0 Å². The number of halogens is 3. The maximum atomic E-state index is 12.4. The maximum Gasteiger partial charge on any atom is 0.387 e. The number of amides is 1. The molecule has 0 unspecified atom stereocenters. The average Bonchev–Trinajstić information content (AvgIpc) is 2.61. The number of ether oxygens (including phenoxy) is 2. The predicted octanol–water partition coefficient (Wildman–Crippen LogP) is 3.15. The Hall–Kier alpha value is -2.38. The van der Waals surface area contributed by atoms with Crippen LogP contribution in [-0.2, 0) is 13.0 Å². The summed E-state index contributed by atoms with van der Waals surface area (Å²) in [5.74, 6) is -0.00656. The van der Waals surface area contributed by atoms with Crippen LogP contribution in [-0.4, -0.2) is 26.2 Å². The lowest BCUT2D eigenvalue weighted by atomic mass is 10.1. The van der Waals surface area contributed by atoms with Crippen molar-refractivity contribution in [2.75, 3.05) is 13.7 Å². The first kappa shape index (κ1) is 21.7. The molecule has 2 rings (SSSR count). The average molecular weight is 387 g/mol. The molecule has 0 saturated heterocycles. The smallest absolute Gasteiger partial charge is 0.387 e. The summed E-state index contributed by atoms with van der Waals surface area (Å²) in [6, 6.07) is 11.8. The van der Waals surface area contributed by atoms with Gasteiger partial charge in [-0.3, -0.25) is 4.79 Å². The summed E-state index contributed by atoms with van der Waals surface area (Å²) in [7, 11) is 1.38. The number of carbonyl (C=O) groups excluding carboxylic acids is 1. The van der Waals surface area contributed by atoms with Gasteiger partial charge in [0.05, 0.1) is 7.11 Å². The zero-order valence-corrected chi connectivity index (χ0v) is 15.0. The van der Waals surface area contributed by atoms with Gasteiger partial charge in [0.15, 0.2) is 11.5 Å². The second kappa shape index (κ2) is 10.6. The summed E-state index contributed by atoms with van der Waals surface area (Å²) >= 11 is 0. The molecule has 0 spiro atoms. The van der Waals surface area contributed by atoms with Crippen molar-refractivity contribution in [1.82, 2.24) is 5.32 Å². The van der Waals surface area contributed by atoms with Crippen LogP contribution in [0.5, 0.6) is 11.5 Å². The zero-order chi connectivity index (χ0) is 18.2. The van der Waals surface area contributed by atoms with E-state index in [1.165, 1.54) is 13.2 Å². The molecule has 0 aromatic heterocycles. The number of nitrogens with one attached hydrogen (secondary N) is 1. The van der Waals surface area contributed by atoms with Gasteiger partial charge in [0.25, 0.3) is 5.91 Å². The molecule has 0 aliphatic heterocycles. The van der Waals surface area contributed by atoms with E-state index in [0.717, 1.165) is 11.1 Å². The third-order valence-electron chi connectivity index (χ3n) is 3.60. The van der Waals surface area contributed by atoms with Crippen molar-refractivity contribution in [3.05, 3.63) is 59.2 Å². The lowest BCUT2D eigenvalue weighted by Crippen LogP contribution is -2.25. The van der Waals surface area contributed by atoms with Crippen LogP contribution in [0.25, 0.3) is 0 Å². The second-order valence-corrected chi connectivity index (χ2v) is 5.27. The van der Waals surface area contributed by atoms with E-state index in [1.54, 1.807) is 36.4 Å². The monoisotopic (exact) mass is 386 g/mol. The number of methoxy groups -OCH3 is 1. The Labute approximate surface area is 156 Å². The van der Waals surface area contributed by atoms with Crippen molar-refractivity contribution in [3.8, 4) is 11.5 Å². The van der Waals surface area contributed by atoms with Gasteiger partial charge in [0.1, 0.15) is 0 Å². The van der Waals surface area contributed by atoms with Gasteiger partial charge in [-0.25, -0.2) is 0 Å². The Kier molecular flexibility index (Phi) is 8.81. The Balaban J connectivity index is 0.00000338. The van der Waals surface area contributed by atoms with Crippen molar-refractivity contribution in [3.63, 3.8) is 0 Å². The van der Waals surface area contributed by atoms with E-state index < -0.39 is 6.61 Å². The highest BCUT2D eigenvalue weighted by Crippen LogP contribution is 2.29. The molecular formula is C18H21ClF2N2O3. The molecule has 2 aromatic carbocycles. The molecular weight excluding hydrogens is 366 g/mol. The SMILES string of the molecule is COc1ccc(CCNC(=O)c2ccc(CN)cc2)cc1OC(F)F.Cl. The lowest BCUT2D eigenvalue weighted by Gasteiger charge is -2.12. The van der Waals surface area contributed by atoms with Crippen LogP contribution < -0.4 is 20.5 Å². The van der Waals surface area contributed by atoms with Crippen molar-refractivity contribution >= 4 is 18.3 Å². The Morgan fingerprint density at radius 2 is 1.77 bits per heavy atom. The van der Waals surface area contributed by atoms with Crippen molar-refractivity contribution in [2.24, 2.45) is 5.73 Å². The van der Waals surface area contributed by atoms with E-state index in [1.807, 2.05) is 0 Å². The summed E-state index contributed by atoms with van der Waals surface area (Å²) in [6.07, 6.45) is 0.468. The van der Waals surface area contributed by atoms with Gasteiger partial charge in [0.2, 0.25) is 0 Å². The van der Waals surface area contributed by atoms with E-state index in [-0.39, 0.29) is 29.8 Å². The van der Waals surface area contributed by atoms with Crippen LogP contribution in [0.1, 0.15) is 21.5 Å². The van der Waals surface area contributed by atoms with Gasteiger partial charge in [-0.1, -0.05) is 18.2 Å². The molecule has 0 radical (unpaired) electrons. The highest BCUT2D eigenvalue weighted by Gasteiger charge is 2.11. The fourth-order valence-corrected chi connectivity index (χ4v) is 2.28. The first-order valence-electron chi connectivity index (χ1n) is 7.72. The summed E-state index contributed by atoms with van der Waals surface area (Å²) in [5.41, 5.74) is 7.74. The number of hydrogen-bond acceptors (Lipinski definition) is 4. The fourth-order valence-electron chi connectivity index (χ4n) is 2.28. The van der Waals surface area contributed by atoms with Crippen molar-refractivity contribution < 1.29 is 23.0 Å². The number of benzene rings is 2. The van der Waals surface area contributed by atoms with Gasteiger partial charge < -0.3 is 20.5 Å². The quantitative estimate of drug-likeness (QED) is 0.731. The number of carbonyl (C=O) groups is 1. The molecule has 0 heterocycles. The van der Waals surface area contributed by atoms with E-state index in [2.05, 4.69) is 10.1 Å². The Bertz CT molecular complexity index is 712. The first-order chi connectivity index (χ1) is 12.0. The first-order valence-corrected chi connectivity index (χ1v) is 7.72. The summed E-state index contributed by atoms with van der Waals surface area (Å²) in [4.78, 5) is 12.1. The highest BCUT2D eigenvalue weighted by molar-refractivity contribution is 5.94. The van der Waals surface area contributed by atoms with E-state index in [4.69, 9.17) is 10.5 Å². The van der Waals surface area contributed by atoms with Crippen LogP contribution in [0.4, 0.5) is 8.78 Å². The van der Waals surface area contributed by atoms with Gasteiger partial charge in [0, 0.05) is 18.7 Å². The number of nitrogens with two attached hydrogens (primary N) is 1. The molecule has 0 fully saturated rings. The van der Waals surface area contributed by atoms with Gasteiger partial charge >= 0.3 is 6.61 Å². The molecule has 5 nitrogen and oxygen atoms in total. The minimum atomic E-state index is -2.93. The molecule has 3 N–H and O–H groups in total. The van der Waals surface area contributed by atoms with E-state index in [0.29, 0.717) is 25.1 Å². The van der Waals surface area contributed by atoms with E-state index >= 15 is 0 Å². The van der Waals surface area contributed by atoms with E-state index in [9.17, 15) is 13.6 Å². The molecule has 0 saturated carbocycles. The molecule has 0 aliphatic rings. The molecule has 0 atom stereocenters. The van der Waals surface area contributed by atoms with Crippen molar-refractivity contribution in [1.29, 1.82) is 0 Å². The zero-order valence-electron chi connectivity index (χ0n) is 14.2. The third-order valence-corrected chi connectivity index (χ3v) is 3.60. The molecule has 142 valence electrons. The maximum absolute atomic E-state index is 12.4. The molecule has 2 aromatic rings.